The summed E-state index contributed by atoms with van der Waals surface area (Å²) in [5.74, 6) is 1.63. The Bertz CT molecular complexity index is 718. The minimum atomic E-state index is -0.118. The Kier molecular flexibility index (Phi) is 6.76. The van der Waals surface area contributed by atoms with Gasteiger partial charge in [0.2, 0.25) is 0 Å². The van der Waals surface area contributed by atoms with Crippen LogP contribution in [0.3, 0.4) is 0 Å². The maximum atomic E-state index is 11.7. The van der Waals surface area contributed by atoms with Gasteiger partial charge in [-0.15, -0.1) is 0 Å². The van der Waals surface area contributed by atoms with Gasteiger partial charge in [0.25, 0.3) is 5.91 Å². The molecule has 7 nitrogen and oxygen atoms in total. The third-order valence-electron chi connectivity index (χ3n) is 3.18. The van der Waals surface area contributed by atoms with Crippen molar-refractivity contribution in [2.45, 2.75) is 6.92 Å². The van der Waals surface area contributed by atoms with E-state index in [1.54, 1.807) is 32.6 Å². The number of hydrazone groups is 1. The van der Waals surface area contributed by atoms with Crippen molar-refractivity contribution in [3.63, 3.8) is 0 Å². The second-order valence-corrected chi connectivity index (χ2v) is 5.30. The summed E-state index contributed by atoms with van der Waals surface area (Å²) in [4.78, 5) is 17.3. The number of nitrogens with zero attached hydrogens (tertiary/aromatic N) is 3. The number of amides is 1. The second-order valence-electron chi connectivity index (χ2n) is 5.30. The summed E-state index contributed by atoms with van der Waals surface area (Å²) in [5.41, 5.74) is 3.68. The van der Waals surface area contributed by atoms with Crippen LogP contribution in [0.2, 0.25) is 0 Å². The van der Waals surface area contributed by atoms with Gasteiger partial charge in [0.05, 0.1) is 12.8 Å². The van der Waals surface area contributed by atoms with Gasteiger partial charge in [-0.2, -0.15) is 5.10 Å². The smallest absolute Gasteiger partial charge is 0.259 e. The highest BCUT2D eigenvalue weighted by molar-refractivity contribution is 5.81. The second kappa shape index (κ2) is 9.27. The van der Waals surface area contributed by atoms with E-state index in [-0.39, 0.29) is 12.5 Å². The quantitative estimate of drug-likeness (QED) is 0.589. The lowest BCUT2D eigenvalue weighted by atomic mass is 10.2. The van der Waals surface area contributed by atoms with Crippen LogP contribution in [0.25, 0.3) is 0 Å². The van der Waals surface area contributed by atoms with E-state index in [1.807, 2.05) is 37.3 Å². The Hall–Kier alpha value is -3.09. The Morgan fingerprint density at radius 1 is 1.24 bits per heavy atom. The summed E-state index contributed by atoms with van der Waals surface area (Å²) in [5, 5.41) is 4.15. The number of hydrogen-bond donors (Lipinski definition) is 1. The van der Waals surface area contributed by atoms with Crippen LogP contribution in [0.4, 0.5) is 5.82 Å². The number of aromatic nitrogens is 1. The molecule has 0 aliphatic heterocycles. The first-order chi connectivity index (χ1) is 12.1. The molecule has 2 rings (SSSR count). The lowest BCUT2D eigenvalue weighted by Gasteiger charge is -2.14. The first kappa shape index (κ1) is 18.3. The minimum Gasteiger partial charge on any atom is -0.490 e. The van der Waals surface area contributed by atoms with E-state index in [2.05, 4.69) is 15.5 Å². The van der Waals surface area contributed by atoms with Crippen molar-refractivity contribution in [3.05, 3.63) is 48.2 Å². The fraction of sp³-hybridized carbons (Fsp3) is 0.278. The first-order valence-electron chi connectivity index (χ1n) is 7.90. The van der Waals surface area contributed by atoms with E-state index in [1.165, 1.54) is 4.90 Å². The van der Waals surface area contributed by atoms with Crippen LogP contribution < -0.4 is 14.9 Å². The van der Waals surface area contributed by atoms with Crippen molar-refractivity contribution in [1.29, 1.82) is 0 Å². The zero-order valence-electron chi connectivity index (χ0n) is 14.6. The zero-order valence-corrected chi connectivity index (χ0v) is 14.6. The summed E-state index contributed by atoms with van der Waals surface area (Å²) in [6, 6.07) is 10.9. The van der Waals surface area contributed by atoms with Crippen LogP contribution in [0.1, 0.15) is 12.5 Å². The molecule has 0 spiro atoms. The molecule has 132 valence electrons. The highest BCUT2D eigenvalue weighted by Gasteiger charge is 2.10. The fourth-order valence-corrected chi connectivity index (χ4v) is 1.86. The molecule has 7 heteroatoms. The fourth-order valence-electron chi connectivity index (χ4n) is 1.86. The molecule has 1 aromatic carbocycles. The number of carbonyl (C=O) groups excluding carboxylic acids is 1. The largest absolute Gasteiger partial charge is 0.490 e. The molecule has 1 N–H and O–H groups in total. The first-order valence-corrected chi connectivity index (χ1v) is 7.90. The van der Waals surface area contributed by atoms with Crippen molar-refractivity contribution in [2.75, 3.05) is 32.7 Å². The molecular weight excluding hydrogens is 320 g/mol. The van der Waals surface area contributed by atoms with Gasteiger partial charge in [0, 0.05) is 20.3 Å². The van der Waals surface area contributed by atoms with Crippen molar-refractivity contribution < 1.29 is 14.3 Å². The molecule has 0 aliphatic rings. The maximum absolute atomic E-state index is 11.7. The summed E-state index contributed by atoms with van der Waals surface area (Å²) >= 11 is 0. The molecule has 1 heterocycles. The number of hydrogen-bond acceptors (Lipinski definition) is 6. The number of nitrogens with one attached hydrogen (secondary N) is 1. The van der Waals surface area contributed by atoms with Gasteiger partial charge in [-0.25, -0.2) is 4.98 Å². The molecule has 0 unspecified atom stereocenters. The van der Waals surface area contributed by atoms with Crippen LogP contribution in [-0.2, 0) is 4.79 Å². The Balaban J connectivity index is 2.05. The molecule has 25 heavy (non-hydrogen) atoms. The van der Waals surface area contributed by atoms with Crippen LogP contribution in [0.5, 0.6) is 11.5 Å². The molecular formula is C18H22N4O3. The van der Waals surface area contributed by atoms with E-state index in [9.17, 15) is 4.79 Å². The van der Waals surface area contributed by atoms with Gasteiger partial charge in [0.15, 0.2) is 18.1 Å². The maximum Gasteiger partial charge on any atom is 0.259 e. The van der Waals surface area contributed by atoms with E-state index < -0.39 is 0 Å². The number of pyridine rings is 1. The summed E-state index contributed by atoms with van der Waals surface area (Å²) < 4.78 is 11.1. The molecule has 2 aromatic rings. The summed E-state index contributed by atoms with van der Waals surface area (Å²) in [6.45, 7) is 2.34. The van der Waals surface area contributed by atoms with Crippen molar-refractivity contribution in [2.24, 2.45) is 5.10 Å². The third kappa shape index (κ3) is 5.80. The molecule has 0 radical (unpaired) electrons. The number of anilines is 1. The average molecular weight is 342 g/mol. The van der Waals surface area contributed by atoms with Gasteiger partial charge in [-0.05, 0) is 42.8 Å². The zero-order chi connectivity index (χ0) is 18.1. The molecule has 0 fully saturated rings. The number of rotatable bonds is 8. The summed E-state index contributed by atoms with van der Waals surface area (Å²) in [7, 11) is 3.37. The van der Waals surface area contributed by atoms with Gasteiger partial charge < -0.3 is 14.4 Å². The third-order valence-corrected chi connectivity index (χ3v) is 3.18. The molecule has 0 atom stereocenters. The van der Waals surface area contributed by atoms with E-state index >= 15 is 0 Å². The monoisotopic (exact) mass is 342 g/mol. The van der Waals surface area contributed by atoms with E-state index in [0.29, 0.717) is 23.9 Å². The number of likely N-dealkylation sites (N-methyl/N-ethyl adjacent to an activating group) is 1. The SMILES string of the molecule is CCOc1cc(C=NNc2ccccn2)ccc1OCC(=O)N(C)C. The molecule has 1 aromatic heterocycles. The van der Waals surface area contributed by atoms with Gasteiger partial charge in [-0.3, -0.25) is 10.2 Å². The van der Waals surface area contributed by atoms with Gasteiger partial charge in [-0.1, -0.05) is 6.07 Å². The highest BCUT2D eigenvalue weighted by atomic mass is 16.5. The Morgan fingerprint density at radius 3 is 2.76 bits per heavy atom. The molecule has 0 bridgehead atoms. The summed E-state index contributed by atoms with van der Waals surface area (Å²) in [6.07, 6.45) is 3.35. The van der Waals surface area contributed by atoms with Crippen molar-refractivity contribution in [3.8, 4) is 11.5 Å². The van der Waals surface area contributed by atoms with Crippen LogP contribution in [-0.4, -0.2) is 49.3 Å². The number of benzene rings is 1. The topological polar surface area (TPSA) is 76.0 Å². The van der Waals surface area contributed by atoms with Gasteiger partial charge in [0.1, 0.15) is 5.82 Å². The standard InChI is InChI=1S/C18H22N4O3/c1-4-24-16-11-14(12-20-21-17-7-5-6-10-19-17)8-9-15(16)25-13-18(23)22(2)3/h5-12H,4,13H2,1-3H3,(H,19,21). The van der Waals surface area contributed by atoms with Crippen LogP contribution in [0.15, 0.2) is 47.7 Å². The lowest BCUT2D eigenvalue weighted by Crippen LogP contribution is -2.27. The highest BCUT2D eigenvalue weighted by Crippen LogP contribution is 2.28. The molecule has 0 saturated carbocycles. The van der Waals surface area contributed by atoms with Gasteiger partial charge >= 0.3 is 0 Å². The average Bonchev–Trinajstić information content (AvgIpc) is 2.62. The number of ether oxygens (including phenoxy) is 2. The lowest BCUT2D eigenvalue weighted by molar-refractivity contribution is -0.130. The van der Waals surface area contributed by atoms with Crippen LogP contribution in [0, 0.1) is 0 Å². The van der Waals surface area contributed by atoms with E-state index in [0.717, 1.165) is 5.56 Å². The van der Waals surface area contributed by atoms with Crippen LogP contribution >= 0.6 is 0 Å². The van der Waals surface area contributed by atoms with E-state index in [4.69, 9.17) is 9.47 Å². The normalized spacial score (nSPS) is 10.5. The predicted molar refractivity (Wildman–Crippen MR) is 97.3 cm³/mol. The molecule has 0 saturated heterocycles. The minimum absolute atomic E-state index is 0.0399. The Morgan fingerprint density at radius 2 is 2.08 bits per heavy atom. The van der Waals surface area contributed by atoms with Crippen molar-refractivity contribution in [1.82, 2.24) is 9.88 Å². The molecule has 0 aliphatic carbocycles. The molecule has 1 amide bonds. The number of carbonyl (C=O) groups is 1. The van der Waals surface area contributed by atoms with Crippen molar-refractivity contribution >= 4 is 17.9 Å². The predicted octanol–water partition coefficient (Wildman–Crippen LogP) is 2.39. The Labute approximate surface area is 147 Å².